The average Bonchev–Trinajstić information content (AvgIpc) is 2.99. The Kier molecular flexibility index (Phi) is 3.75. The largest absolute Gasteiger partial charge is 0.497 e. The number of ether oxygens (including phenoxy) is 1. The van der Waals surface area contributed by atoms with E-state index in [1.54, 1.807) is 7.11 Å². The summed E-state index contributed by atoms with van der Waals surface area (Å²) < 4.78 is 5.26. The number of nitrogens with two attached hydrogens (primary N) is 1. The Morgan fingerprint density at radius 2 is 1.68 bits per heavy atom. The summed E-state index contributed by atoms with van der Waals surface area (Å²) in [6.07, 6.45) is -1.03. The summed E-state index contributed by atoms with van der Waals surface area (Å²) in [5.41, 5.74) is 9.73. The molecule has 28 heavy (non-hydrogen) atoms. The normalized spacial score (nSPS) is 28.1. The molecule has 0 aromatic heterocycles. The number of fused-ring (bicyclic) bond motifs is 3. The zero-order chi connectivity index (χ0) is 19.4. The molecule has 1 aliphatic carbocycles. The lowest BCUT2D eigenvalue weighted by atomic mass is 9.74. The number of hydrogen-bond donors (Lipinski definition) is 4. The van der Waals surface area contributed by atoms with Gasteiger partial charge in [0, 0.05) is 22.6 Å². The number of hydrogen-bond acceptors (Lipinski definition) is 6. The van der Waals surface area contributed by atoms with Gasteiger partial charge in [0.05, 0.1) is 24.9 Å². The van der Waals surface area contributed by atoms with E-state index in [4.69, 9.17) is 10.5 Å². The molecule has 1 amide bonds. The highest BCUT2D eigenvalue weighted by Crippen LogP contribution is 2.47. The molecule has 1 fully saturated rings. The van der Waals surface area contributed by atoms with Crippen molar-refractivity contribution < 1.29 is 14.3 Å². The Morgan fingerprint density at radius 3 is 2.39 bits per heavy atom. The van der Waals surface area contributed by atoms with E-state index in [0.29, 0.717) is 11.1 Å². The second-order valence-corrected chi connectivity index (χ2v) is 7.21. The zero-order valence-corrected chi connectivity index (χ0v) is 15.2. The van der Waals surface area contributed by atoms with E-state index in [1.165, 1.54) is 0 Å². The molecule has 5 rings (SSSR count). The van der Waals surface area contributed by atoms with Gasteiger partial charge < -0.3 is 15.4 Å². The molecule has 5 N–H and O–H groups in total. The van der Waals surface area contributed by atoms with Crippen molar-refractivity contribution in [3.8, 4) is 5.75 Å². The Morgan fingerprint density at radius 1 is 0.964 bits per heavy atom. The van der Waals surface area contributed by atoms with Gasteiger partial charge >= 0.3 is 0 Å². The van der Waals surface area contributed by atoms with Crippen molar-refractivity contribution in [2.75, 3.05) is 7.11 Å². The Labute approximate surface area is 161 Å². The summed E-state index contributed by atoms with van der Waals surface area (Å²) in [7, 11) is 1.60. The van der Waals surface area contributed by atoms with Crippen LogP contribution in [-0.2, 0) is 4.79 Å². The Balaban J connectivity index is 1.69. The van der Waals surface area contributed by atoms with Crippen LogP contribution in [-0.4, -0.2) is 31.3 Å². The molecule has 142 valence electrons. The maximum Gasteiger partial charge on any atom is 0.229 e. The molecule has 0 spiro atoms. The van der Waals surface area contributed by atoms with E-state index in [-0.39, 0.29) is 17.9 Å². The number of allylic oxidation sites excluding steroid dienone is 1. The van der Waals surface area contributed by atoms with Crippen LogP contribution in [0.3, 0.4) is 0 Å². The number of carbonyl (C=O) groups is 2. The SMILES string of the molecule is COc1ccc(C2C3=C(NC4NC(N)NC(=O)C42)c2ccccc2C3=O)cc1. The third-order valence-corrected chi connectivity index (χ3v) is 5.72. The summed E-state index contributed by atoms with van der Waals surface area (Å²) in [5.74, 6) is -0.408. The number of carbonyl (C=O) groups excluding carboxylic acids is 2. The van der Waals surface area contributed by atoms with Crippen molar-refractivity contribution in [3.05, 3.63) is 70.8 Å². The van der Waals surface area contributed by atoms with Gasteiger partial charge in [-0.3, -0.25) is 20.6 Å². The fraction of sp³-hybridized carbons (Fsp3) is 0.238. The van der Waals surface area contributed by atoms with Crippen LogP contribution in [0.1, 0.15) is 27.4 Å². The van der Waals surface area contributed by atoms with Crippen LogP contribution < -0.4 is 26.4 Å². The van der Waals surface area contributed by atoms with Crippen LogP contribution in [0.15, 0.2) is 54.1 Å². The lowest BCUT2D eigenvalue weighted by molar-refractivity contribution is -0.130. The second-order valence-electron chi connectivity index (χ2n) is 7.21. The molecule has 2 aliphatic heterocycles. The average molecular weight is 376 g/mol. The van der Waals surface area contributed by atoms with Crippen molar-refractivity contribution in [1.29, 1.82) is 0 Å². The number of ketones is 1. The molecule has 7 heteroatoms. The Bertz CT molecular complexity index is 1010. The molecule has 1 saturated heterocycles. The lowest BCUT2D eigenvalue weighted by Crippen LogP contribution is -2.70. The predicted octanol–water partition coefficient (Wildman–Crippen LogP) is 0.894. The summed E-state index contributed by atoms with van der Waals surface area (Å²) in [6, 6.07) is 15.0. The summed E-state index contributed by atoms with van der Waals surface area (Å²) in [6.45, 7) is 0. The lowest BCUT2D eigenvalue weighted by Gasteiger charge is -2.44. The smallest absolute Gasteiger partial charge is 0.229 e. The minimum Gasteiger partial charge on any atom is -0.497 e. The standard InChI is InChI=1S/C21H20N4O3/c1-28-11-8-6-10(7-9-11)14-15-17(12-4-2-3-5-13(12)18(15)26)23-19-16(14)20(27)25-21(22)24-19/h2-9,14,16,19,21,23-24H,22H2,1H3,(H,25,27). The molecule has 0 bridgehead atoms. The maximum atomic E-state index is 13.3. The number of benzene rings is 2. The van der Waals surface area contributed by atoms with Gasteiger partial charge in [-0.2, -0.15) is 0 Å². The van der Waals surface area contributed by atoms with Crippen LogP contribution in [0.4, 0.5) is 0 Å². The van der Waals surface area contributed by atoms with E-state index >= 15 is 0 Å². The van der Waals surface area contributed by atoms with Crippen molar-refractivity contribution >= 4 is 17.4 Å². The van der Waals surface area contributed by atoms with Crippen LogP contribution >= 0.6 is 0 Å². The van der Waals surface area contributed by atoms with Gasteiger partial charge in [0.25, 0.3) is 0 Å². The van der Waals surface area contributed by atoms with Crippen LogP contribution in [0.25, 0.3) is 5.70 Å². The van der Waals surface area contributed by atoms with Crippen molar-refractivity contribution in [3.63, 3.8) is 0 Å². The molecule has 4 unspecified atom stereocenters. The molecule has 2 heterocycles. The van der Waals surface area contributed by atoms with E-state index in [2.05, 4.69) is 16.0 Å². The van der Waals surface area contributed by atoms with Gasteiger partial charge in [-0.25, -0.2) is 0 Å². The van der Waals surface area contributed by atoms with Gasteiger partial charge in [-0.05, 0) is 17.7 Å². The number of amides is 1. The fourth-order valence-electron chi connectivity index (χ4n) is 4.49. The van der Waals surface area contributed by atoms with Gasteiger partial charge in [-0.1, -0.05) is 36.4 Å². The van der Waals surface area contributed by atoms with E-state index in [9.17, 15) is 9.59 Å². The van der Waals surface area contributed by atoms with Gasteiger partial charge in [0.2, 0.25) is 5.91 Å². The third-order valence-electron chi connectivity index (χ3n) is 5.72. The molecule has 3 aliphatic rings. The fourth-order valence-corrected chi connectivity index (χ4v) is 4.49. The zero-order valence-electron chi connectivity index (χ0n) is 15.2. The summed E-state index contributed by atoms with van der Waals surface area (Å²) >= 11 is 0. The van der Waals surface area contributed by atoms with Gasteiger partial charge in [-0.15, -0.1) is 0 Å². The number of methoxy groups -OCH3 is 1. The topological polar surface area (TPSA) is 105 Å². The molecular weight excluding hydrogens is 356 g/mol. The quantitative estimate of drug-likeness (QED) is 0.621. The van der Waals surface area contributed by atoms with Crippen molar-refractivity contribution in [2.45, 2.75) is 18.4 Å². The maximum absolute atomic E-state index is 13.3. The van der Waals surface area contributed by atoms with Crippen LogP contribution in [0.2, 0.25) is 0 Å². The van der Waals surface area contributed by atoms with E-state index in [1.807, 2.05) is 48.5 Å². The molecule has 7 nitrogen and oxygen atoms in total. The highest BCUT2D eigenvalue weighted by atomic mass is 16.5. The number of nitrogens with one attached hydrogen (secondary N) is 3. The minimum atomic E-state index is -0.646. The monoisotopic (exact) mass is 376 g/mol. The summed E-state index contributed by atoms with van der Waals surface area (Å²) in [4.78, 5) is 26.2. The molecule has 2 aromatic rings. The molecular formula is C21H20N4O3. The first-order chi connectivity index (χ1) is 13.6. The first-order valence-corrected chi connectivity index (χ1v) is 9.19. The van der Waals surface area contributed by atoms with Crippen LogP contribution in [0, 0.1) is 5.92 Å². The number of rotatable bonds is 2. The minimum absolute atomic E-state index is 0.0416. The number of Topliss-reactive ketones (excluding diaryl/α,β-unsaturated/α-hetero) is 1. The summed E-state index contributed by atoms with van der Waals surface area (Å²) in [5, 5.41) is 9.31. The van der Waals surface area contributed by atoms with Crippen LogP contribution in [0.5, 0.6) is 5.75 Å². The van der Waals surface area contributed by atoms with E-state index < -0.39 is 18.1 Å². The van der Waals surface area contributed by atoms with E-state index in [0.717, 1.165) is 22.6 Å². The first kappa shape index (κ1) is 17.0. The highest BCUT2D eigenvalue weighted by molar-refractivity contribution is 6.22. The second kappa shape index (κ2) is 6.19. The molecule has 0 saturated carbocycles. The highest BCUT2D eigenvalue weighted by Gasteiger charge is 2.50. The van der Waals surface area contributed by atoms with Gasteiger partial charge in [0.15, 0.2) is 5.78 Å². The Hall–Kier alpha value is -3.16. The van der Waals surface area contributed by atoms with Crippen molar-refractivity contribution in [1.82, 2.24) is 16.0 Å². The first-order valence-electron chi connectivity index (χ1n) is 9.19. The third kappa shape index (κ3) is 2.37. The molecule has 0 radical (unpaired) electrons. The molecule has 2 aromatic carbocycles. The molecule has 4 atom stereocenters. The van der Waals surface area contributed by atoms with Gasteiger partial charge in [0.1, 0.15) is 12.0 Å². The predicted molar refractivity (Wildman–Crippen MR) is 103 cm³/mol. The van der Waals surface area contributed by atoms with Crippen molar-refractivity contribution in [2.24, 2.45) is 11.7 Å².